The SMILES string of the molecule is COc1cc(F)ccc1NC(=O)[C@H]1CCCN1Cc1cccc2c1OCO2. The molecule has 0 aromatic heterocycles. The molecule has 1 fully saturated rings. The number of hydrogen-bond donors (Lipinski definition) is 1. The maximum atomic E-state index is 13.4. The molecule has 4 rings (SSSR count). The van der Waals surface area contributed by atoms with E-state index in [-0.39, 0.29) is 18.7 Å². The van der Waals surface area contributed by atoms with Gasteiger partial charge in [0.2, 0.25) is 12.7 Å². The number of para-hydroxylation sites is 1. The standard InChI is InChI=1S/C20H21FN2O4/c1-25-18-10-14(21)7-8-15(18)22-20(24)16-5-3-9-23(16)11-13-4-2-6-17-19(13)27-12-26-17/h2,4,6-8,10,16H,3,5,9,11-12H2,1H3,(H,22,24)/t16-/m1/s1. The van der Waals surface area contributed by atoms with Gasteiger partial charge in [0, 0.05) is 18.2 Å². The van der Waals surface area contributed by atoms with E-state index in [0.29, 0.717) is 18.0 Å². The number of rotatable bonds is 5. The van der Waals surface area contributed by atoms with E-state index in [4.69, 9.17) is 14.2 Å². The summed E-state index contributed by atoms with van der Waals surface area (Å²) in [6.07, 6.45) is 1.70. The maximum Gasteiger partial charge on any atom is 0.241 e. The average molecular weight is 372 g/mol. The number of nitrogens with zero attached hydrogens (tertiary/aromatic N) is 1. The summed E-state index contributed by atoms with van der Waals surface area (Å²) in [6.45, 7) is 1.65. The van der Waals surface area contributed by atoms with Crippen LogP contribution >= 0.6 is 0 Å². The van der Waals surface area contributed by atoms with Gasteiger partial charge in [-0.3, -0.25) is 9.69 Å². The highest BCUT2D eigenvalue weighted by Gasteiger charge is 2.32. The van der Waals surface area contributed by atoms with Crippen LogP contribution in [0.2, 0.25) is 0 Å². The van der Waals surface area contributed by atoms with E-state index < -0.39 is 5.82 Å². The van der Waals surface area contributed by atoms with E-state index in [1.54, 1.807) is 0 Å². The molecule has 2 aliphatic rings. The minimum Gasteiger partial charge on any atom is -0.494 e. The summed E-state index contributed by atoms with van der Waals surface area (Å²) in [5.41, 5.74) is 1.47. The topological polar surface area (TPSA) is 60.0 Å². The quantitative estimate of drug-likeness (QED) is 0.874. The number of ether oxygens (including phenoxy) is 3. The fourth-order valence-corrected chi connectivity index (χ4v) is 3.63. The number of carbonyl (C=O) groups is 1. The van der Waals surface area contributed by atoms with Crippen molar-refractivity contribution in [2.45, 2.75) is 25.4 Å². The van der Waals surface area contributed by atoms with Gasteiger partial charge < -0.3 is 19.5 Å². The predicted octanol–water partition coefficient (Wildman–Crippen LogP) is 3.17. The van der Waals surface area contributed by atoms with Gasteiger partial charge in [0.15, 0.2) is 11.5 Å². The largest absolute Gasteiger partial charge is 0.494 e. The smallest absolute Gasteiger partial charge is 0.241 e. The summed E-state index contributed by atoms with van der Waals surface area (Å²) in [5.74, 6) is 1.27. The van der Waals surface area contributed by atoms with Crippen molar-refractivity contribution >= 4 is 11.6 Å². The van der Waals surface area contributed by atoms with Gasteiger partial charge in [0.05, 0.1) is 18.8 Å². The van der Waals surface area contributed by atoms with Gasteiger partial charge in [0.1, 0.15) is 11.6 Å². The number of methoxy groups -OCH3 is 1. The van der Waals surface area contributed by atoms with Gasteiger partial charge in [-0.05, 0) is 37.6 Å². The number of nitrogens with one attached hydrogen (secondary N) is 1. The Morgan fingerprint density at radius 2 is 2.22 bits per heavy atom. The van der Waals surface area contributed by atoms with Crippen molar-refractivity contribution < 1.29 is 23.4 Å². The van der Waals surface area contributed by atoms with E-state index in [9.17, 15) is 9.18 Å². The van der Waals surface area contributed by atoms with Crippen molar-refractivity contribution in [2.75, 3.05) is 25.8 Å². The Labute approximate surface area is 156 Å². The van der Waals surface area contributed by atoms with Gasteiger partial charge in [-0.1, -0.05) is 12.1 Å². The Morgan fingerprint density at radius 3 is 3.07 bits per heavy atom. The first-order chi connectivity index (χ1) is 13.2. The number of likely N-dealkylation sites (tertiary alicyclic amines) is 1. The van der Waals surface area contributed by atoms with Crippen molar-refractivity contribution in [1.29, 1.82) is 0 Å². The van der Waals surface area contributed by atoms with E-state index >= 15 is 0 Å². The number of carbonyl (C=O) groups excluding carboxylic acids is 1. The second-order valence-corrected chi connectivity index (χ2v) is 6.61. The molecule has 1 amide bonds. The molecule has 2 aliphatic heterocycles. The lowest BCUT2D eigenvalue weighted by Crippen LogP contribution is -2.39. The summed E-state index contributed by atoms with van der Waals surface area (Å²) < 4.78 is 29.5. The number of benzene rings is 2. The highest BCUT2D eigenvalue weighted by atomic mass is 19.1. The van der Waals surface area contributed by atoms with E-state index in [0.717, 1.165) is 36.4 Å². The Balaban J connectivity index is 1.49. The van der Waals surface area contributed by atoms with Crippen molar-refractivity contribution in [1.82, 2.24) is 4.90 Å². The molecule has 0 radical (unpaired) electrons. The second kappa shape index (κ2) is 7.44. The van der Waals surface area contributed by atoms with Crippen LogP contribution in [0.1, 0.15) is 18.4 Å². The van der Waals surface area contributed by atoms with Crippen molar-refractivity contribution in [2.24, 2.45) is 0 Å². The first-order valence-corrected chi connectivity index (χ1v) is 8.91. The van der Waals surface area contributed by atoms with E-state index in [1.807, 2.05) is 18.2 Å². The first kappa shape index (κ1) is 17.6. The third kappa shape index (κ3) is 3.55. The normalized spacial score (nSPS) is 18.5. The molecule has 2 aromatic carbocycles. The first-order valence-electron chi connectivity index (χ1n) is 8.91. The van der Waals surface area contributed by atoms with Gasteiger partial charge >= 0.3 is 0 Å². The molecule has 2 aromatic rings. The molecule has 0 unspecified atom stereocenters. The minimum absolute atomic E-state index is 0.123. The zero-order chi connectivity index (χ0) is 18.8. The molecule has 1 N–H and O–H groups in total. The molecule has 6 nitrogen and oxygen atoms in total. The molecule has 2 heterocycles. The number of fused-ring (bicyclic) bond motifs is 1. The zero-order valence-electron chi connectivity index (χ0n) is 15.0. The minimum atomic E-state index is -0.410. The maximum absolute atomic E-state index is 13.4. The van der Waals surface area contributed by atoms with Crippen LogP contribution in [0, 0.1) is 5.82 Å². The van der Waals surface area contributed by atoms with Crippen LogP contribution < -0.4 is 19.5 Å². The lowest BCUT2D eigenvalue weighted by Gasteiger charge is -2.24. The van der Waals surface area contributed by atoms with E-state index in [1.165, 1.54) is 25.3 Å². The molecule has 142 valence electrons. The van der Waals surface area contributed by atoms with Gasteiger partial charge in [0.25, 0.3) is 0 Å². The Bertz CT molecular complexity index is 858. The fourth-order valence-electron chi connectivity index (χ4n) is 3.63. The molecular formula is C20H21FN2O4. The van der Waals surface area contributed by atoms with Crippen LogP contribution in [0.25, 0.3) is 0 Å². The zero-order valence-corrected chi connectivity index (χ0v) is 15.0. The summed E-state index contributed by atoms with van der Waals surface area (Å²) in [6, 6.07) is 9.60. The van der Waals surface area contributed by atoms with Crippen LogP contribution in [0.15, 0.2) is 36.4 Å². The summed E-state index contributed by atoms with van der Waals surface area (Å²) in [5, 5.41) is 2.87. The molecule has 0 aliphatic carbocycles. The highest BCUT2D eigenvalue weighted by molar-refractivity contribution is 5.96. The molecule has 27 heavy (non-hydrogen) atoms. The van der Waals surface area contributed by atoms with Gasteiger partial charge in [-0.2, -0.15) is 0 Å². The molecule has 0 bridgehead atoms. The van der Waals surface area contributed by atoms with Gasteiger partial charge in [-0.25, -0.2) is 4.39 Å². The van der Waals surface area contributed by atoms with Crippen LogP contribution in [0.4, 0.5) is 10.1 Å². The van der Waals surface area contributed by atoms with Crippen LogP contribution in [-0.4, -0.2) is 37.3 Å². The fraction of sp³-hybridized carbons (Fsp3) is 0.350. The lowest BCUT2D eigenvalue weighted by molar-refractivity contribution is -0.120. The molecule has 7 heteroatoms. The van der Waals surface area contributed by atoms with Crippen molar-refractivity contribution in [3.63, 3.8) is 0 Å². The number of amides is 1. The lowest BCUT2D eigenvalue weighted by atomic mass is 10.1. The van der Waals surface area contributed by atoms with Crippen LogP contribution in [0.5, 0.6) is 17.2 Å². The van der Waals surface area contributed by atoms with Gasteiger partial charge in [-0.15, -0.1) is 0 Å². The third-order valence-electron chi connectivity index (χ3n) is 4.94. The van der Waals surface area contributed by atoms with Crippen LogP contribution in [-0.2, 0) is 11.3 Å². The predicted molar refractivity (Wildman–Crippen MR) is 97.6 cm³/mol. The third-order valence-corrected chi connectivity index (χ3v) is 4.94. The molecule has 1 saturated heterocycles. The van der Waals surface area contributed by atoms with E-state index in [2.05, 4.69) is 10.2 Å². The highest BCUT2D eigenvalue weighted by Crippen LogP contribution is 2.37. The summed E-state index contributed by atoms with van der Waals surface area (Å²) in [4.78, 5) is 15.0. The number of anilines is 1. The average Bonchev–Trinajstić information content (AvgIpc) is 3.33. The Morgan fingerprint density at radius 1 is 1.33 bits per heavy atom. The molecular weight excluding hydrogens is 351 g/mol. The van der Waals surface area contributed by atoms with Crippen LogP contribution in [0.3, 0.4) is 0 Å². The van der Waals surface area contributed by atoms with Crippen molar-refractivity contribution in [3.05, 3.63) is 47.8 Å². The summed E-state index contributed by atoms with van der Waals surface area (Å²) in [7, 11) is 1.45. The molecule has 1 atom stereocenters. The Hall–Kier alpha value is -2.80. The Kier molecular flexibility index (Phi) is 4.85. The molecule has 0 spiro atoms. The number of halogens is 1. The monoisotopic (exact) mass is 372 g/mol. The molecule has 0 saturated carbocycles. The number of hydrogen-bond acceptors (Lipinski definition) is 5. The second-order valence-electron chi connectivity index (χ2n) is 6.61. The van der Waals surface area contributed by atoms with Crippen molar-refractivity contribution in [3.8, 4) is 17.2 Å². The summed E-state index contributed by atoms with van der Waals surface area (Å²) >= 11 is 0.